The number of benzene rings is 1. The van der Waals surface area contributed by atoms with E-state index in [1.165, 1.54) is 0 Å². The number of carbonyl (C=O) groups is 2. The van der Waals surface area contributed by atoms with Gasteiger partial charge in [-0.25, -0.2) is 4.79 Å². The summed E-state index contributed by atoms with van der Waals surface area (Å²) < 4.78 is 11.9. The van der Waals surface area contributed by atoms with Gasteiger partial charge in [-0.05, 0) is 45.9 Å². The van der Waals surface area contributed by atoms with Crippen LogP contribution in [0.4, 0.5) is 4.79 Å². The molecule has 7 heteroatoms. The largest absolute Gasteiger partial charge is 0.484 e. The van der Waals surface area contributed by atoms with Crippen LogP contribution in [-0.2, 0) is 9.53 Å². The topological polar surface area (TPSA) is 59.1 Å². The fourth-order valence-corrected chi connectivity index (χ4v) is 2.95. The smallest absolute Gasteiger partial charge is 0.410 e. The van der Waals surface area contributed by atoms with Gasteiger partial charge in [0.15, 0.2) is 6.61 Å². The minimum atomic E-state index is -0.526. The number of hydrogen-bond acceptors (Lipinski definition) is 4. The maximum Gasteiger partial charge on any atom is 0.410 e. The Labute approximate surface area is 157 Å². The number of hydrogen-bond donors (Lipinski definition) is 0. The number of nitrogens with zero attached hydrogens (tertiary/aromatic N) is 2. The summed E-state index contributed by atoms with van der Waals surface area (Å²) in [4.78, 5) is 28.0. The summed E-state index contributed by atoms with van der Waals surface area (Å²) in [6, 6.07) is 7.27. The summed E-state index contributed by atoms with van der Waals surface area (Å²) in [6.45, 7) is 8.83. The molecule has 1 atom stereocenters. The second-order valence-electron chi connectivity index (χ2n) is 7.11. The Morgan fingerprint density at radius 3 is 2.60 bits per heavy atom. The van der Waals surface area contributed by atoms with Crippen molar-refractivity contribution in [1.29, 1.82) is 0 Å². The summed E-state index contributed by atoms with van der Waals surface area (Å²) in [5, 5.41) is 0. The van der Waals surface area contributed by atoms with Crippen molar-refractivity contribution >= 4 is 27.9 Å². The van der Waals surface area contributed by atoms with E-state index in [2.05, 4.69) is 15.9 Å². The molecule has 0 bridgehead atoms. The number of carbonyl (C=O) groups excluding carboxylic acids is 2. The van der Waals surface area contributed by atoms with Crippen LogP contribution in [0, 0.1) is 0 Å². The Balaban J connectivity index is 1.85. The van der Waals surface area contributed by atoms with Crippen LogP contribution in [-0.4, -0.2) is 59.7 Å². The Kier molecular flexibility index (Phi) is 6.32. The summed E-state index contributed by atoms with van der Waals surface area (Å²) in [7, 11) is 0. The van der Waals surface area contributed by atoms with Crippen molar-refractivity contribution in [1.82, 2.24) is 9.80 Å². The average molecular weight is 413 g/mol. The van der Waals surface area contributed by atoms with Crippen LogP contribution in [0.3, 0.4) is 0 Å². The molecule has 2 rings (SSSR count). The predicted molar refractivity (Wildman–Crippen MR) is 98.6 cm³/mol. The Morgan fingerprint density at radius 2 is 2.00 bits per heavy atom. The molecule has 0 aromatic heterocycles. The molecule has 0 N–H and O–H groups in total. The first-order chi connectivity index (χ1) is 11.7. The molecule has 1 aliphatic heterocycles. The number of ether oxygens (including phenoxy) is 2. The third kappa shape index (κ3) is 5.92. The lowest BCUT2D eigenvalue weighted by atomic mass is 10.2. The molecule has 138 valence electrons. The number of piperazine rings is 1. The molecule has 0 radical (unpaired) electrons. The highest BCUT2D eigenvalue weighted by Gasteiger charge is 2.32. The lowest BCUT2D eigenvalue weighted by Crippen LogP contribution is -2.56. The third-order valence-corrected chi connectivity index (χ3v) is 4.26. The summed E-state index contributed by atoms with van der Waals surface area (Å²) >= 11 is 3.37. The molecule has 6 nitrogen and oxygen atoms in total. The molecular weight excluding hydrogens is 388 g/mol. The Hall–Kier alpha value is -1.76. The van der Waals surface area contributed by atoms with Gasteiger partial charge in [0.05, 0.1) is 0 Å². The highest BCUT2D eigenvalue weighted by Crippen LogP contribution is 2.19. The van der Waals surface area contributed by atoms with Gasteiger partial charge >= 0.3 is 6.09 Å². The molecular formula is C18H25BrN2O4. The normalized spacial score (nSPS) is 18.0. The second-order valence-corrected chi connectivity index (χ2v) is 8.02. The minimum Gasteiger partial charge on any atom is -0.484 e. The highest BCUT2D eigenvalue weighted by molar-refractivity contribution is 9.10. The monoisotopic (exact) mass is 412 g/mol. The van der Waals surface area contributed by atoms with Gasteiger partial charge < -0.3 is 19.3 Å². The van der Waals surface area contributed by atoms with Crippen molar-refractivity contribution in [3.05, 3.63) is 28.7 Å². The number of rotatable bonds is 3. The molecule has 0 saturated carbocycles. The molecule has 1 unspecified atom stereocenters. The average Bonchev–Trinajstić information content (AvgIpc) is 2.50. The van der Waals surface area contributed by atoms with Crippen LogP contribution >= 0.6 is 15.9 Å². The maximum absolute atomic E-state index is 12.4. The predicted octanol–water partition coefficient (Wildman–Crippen LogP) is 3.30. The van der Waals surface area contributed by atoms with E-state index >= 15 is 0 Å². The fourth-order valence-electron chi connectivity index (χ4n) is 2.57. The van der Waals surface area contributed by atoms with E-state index in [-0.39, 0.29) is 24.6 Å². The molecule has 1 aliphatic rings. The van der Waals surface area contributed by atoms with Crippen LogP contribution in [0.15, 0.2) is 28.7 Å². The van der Waals surface area contributed by atoms with Gasteiger partial charge in [-0.3, -0.25) is 4.79 Å². The fraction of sp³-hybridized carbons (Fsp3) is 0.556. The van der Waals surface area contributed by atoms with Crippen LogP contribution in [0.25, 0.3) is 0 Å². The molecule has 1 fully saturated rings. The van der Waals surface area contributed by atoms with Gasteiger partial charge in [0.2, 0.25) is 0 Å². The van der Waals surface area contributed by atoms with Crippen LogP contribution in [0.5, 0.6) is 5.75 Å². The van der Waals surface area contributed by atoms with Crippen molar-refractivity contribution in [2.75, 3.05) is 26.2 Å². The SMILES string of the molecule is CC1CN(C(=O)COc2cccc(Br)c2)CCN1C(=O)OC(C)(C)C. The minimum absolute atomic E-state index is 0.0182. The van der Waals surface area contributed by atoms with Gasteiger partial charge in [-0.15, -0.1) is 0 Å². The van der Waals surface area contributed by atoms with E-state index in [0.29, 0.717) is 25.4 Å². The Morgan fingerprint density at radius 1 is 1.28 bits per heavy atom. The first-order valence-corrected chi connectivity index (χ1v) is 9.11. The van der Waals surface area contributed by atoms with Crippen LogP contribution < -0.4 is 4.74 Å². The molecule has 0 spiro atoms. The zero-order valence-corrected chi connectivity index (χ0v) is 16.7. The zero-order valence-electron chi connectivity index (χ0n) is 15.1. The van der Waals surface area contributed by atoms with E-state index in [4.69, 9.17) is 9.47 Å². The standard InChI is InChI=1S/C18H25BrN2O4/c1-13-11-20(8-9-21(13)17(23)25-18(2,3)4)16(22)12-24-15-7-5-6-14(19)10-15/h5-7,10,13H,8-9,11-12H2,1-4H3. The van der Waals surface area contributed by atoms with Gasteiger partial charge in [-0.1, -0.05) is 22.0 Å². The van der Waals surface area contributed by atoms with Gasteiger partial charge in [0, 0.05) is 30.1 Å². The molecule has 0 aliphatic carbocycles. The molecule has 1 aromatic rings. The molecule has 1 saturated heterocycles. The van der Waals surface area contributed by atoms with Crippen molar-refractivity contribution in [2.24, 2.45) is 0 Å². The Bertz CT molecular complexity index is 630. The second kappa shape index (κ2) is 8.08. The highest BCUT2D eigenvalue weighted by atomic mass is 79.9. The van der Waals surface area contributed by atoms with E-state index in [1.54, 1.807) is 15.9 Å². The third-order valence-electron chi connectivity index (χ3n) is 3.77. The maximum atomic E-state index is 12.4. The lowest BCUT2D eigenvalue weighted by molar-refractivity contribution is -0.136. The summed E-state index contributed by atoms with van der Waals surface area (Å²) in [6.07, 6.45) is -0.336. The first kappa shape index (κ1) is 19.6. The lowest BCUT2D eigenvalue weighted by Gasteiger charge is -2.40. The van der Waals surface area contributed by atoms with E-state index in [9.17, 15) is 9.59 Å². The summed E-state index contributed by atoms with van der Waals surface area (Å²) in [5.41, 5.74) is -0.526. The quantitative estimate of drug-likeness (QED) is 0.763. The molecule has 2 amide bonds. The van der Waals surface area contributed by atoms with Gasteiger partial charge in [0.1, 0.15) is 11.4 Å². The molecule has 1 heterocycles. The van der Waals surface area contributed by atoms with Crippen molar-refractivity contribution < 1.29 is 19.1 Å². The number of halogens is 1. The molecule has 25 heavy (non-hydrogen) atoms. The van der Waals surface area contributed by atoms with Gasteiger partial charge in [-0.2, -0.15) is 0 Å². The van der Waals surface area contributed by atoms with Crippen LogP contribution in [0.2, 0.25) is 0 Å². The van der Waals surface area contributed by atoms with Crippen LogP contribution in [0.1, 0.15) is 27.7 Å². The zero-order chi connectivity index (χ0) is 18.6. The number of amides is 2. The van der Waals surface area contributed by atoms with Crippen molar-refractivity contribution in [3.63, 3.8) is 0 Å². The van der Waals surface area contributed by atoms with Crippen molar-refractivity contribution in [3.8, 4) is 5.75 Å². The summed E-state index contributed by atoms with van der Waals surface area (Å²) in [5.74, 6) is 0.554. The van der Waals surface area contributed by atoms with E-state index in [0.717, 1.165) is 4.47 Å². The van der Waals surface area contributed by atoms with E-state index < -0.39 is 5.60 Å². The van der Waals surface area contributed by atoms with Gasteiger partial charge in [0.25, 0.3) is 5.91 Å². The van der Waals surface area contributed by atoms with E-state index in [1.807, 2.05) is 45.9 Å². The molecule has 1 aromatic carbocycles. The first-order valence-electron chi connectivity index (χ1n) is 8.31. The van der Waals surface area contributed by atoms with Crippen molar-refractivity contribution in [2.45, 2.75) is 39.3 Å².